The molecule has 2 aliphatic carbocycles. The smallest absolute Gasteiger partial charge is 0.407 e. The zero-order valence-electron chi connectivity index (χ0n) is 19.8. The molecule has 0 aromatic heterocycles. The van der Waals surface area contributed by atoms with Gasteiger partial charge in [0.05, 0.1) is 26.1 Å². The SMILES string of the molecule is O=C(O)CCN(CC1CC1)C(=O)CCOCCNC(=O)OCC1c2ccccc2-c2ccccc21. The Labute approximate surface area is 205 Å². The number of amides is 2. The molecule has 8 heteroatoms. The quantitative estimate of drug-likeness (QED) is 0.424. The fourth-order valence-corrected chi connectivity index (χ4v) is 4.45. The Morgan fingerprint density at radius 1 is 0.943 bits per heavy atom. The molecule has 1 saturated carbocycles. The van der Waals surface area contributed by atoms with E-state index in [4.69, 9.17) is 14.6 Å². The Morgan fingerprint density at radius 3 is 2.23 bits per heavy atom. The Hall–Kier alpha value is -3.39. The van der Waals surface area contributed by atoms with Crippen molar-refractivity contribution in [1.29, 1.82) is 0 Å². The number of carbonyl (C=O) groups is 3. The van der Waals surface area contributed by atoms with E-state index in [-0.39, 0.29) is 57.6 Å². The van der Waals surface area contributed by atoms with Crippen molar-refractivity contribution in [3.05, 3.63) is 59.7 Å². The van der Waals surface area contributed by atoms with Gasteiger partial charge < -0.3 is 24.8 Å². The number of carboxylic acid groups (broad SMARTS) is 1. The van der Waals surface area contributed by atoms with E-state index in [1.807, 2.05) is 24.3 Å². The number of hydrogen-bond acceptors (Lipinski definition) is 5. The van der Waals surface area contributed by atoms with Gasteiger partial charge in [-0.3, -0.25) is 9.59 Å². The van der Waals surface area contributed by atoms with Crippen molar-refractivity contribution in [2.45, 2.75) is 31.6 Å². The fraction of sp³-hybridized carbons (Fsp3) is 0.444. The molecule has 0 aliphatic heterocycles. The molecule has 8 nitrogen and oxygen atoms in total. The van der Waals surface area contributed by atoms with E-state index < -0.39 is 12.1 Å². The van der Waals surface area contributed by atoms with E-state index in [0.717, 1.165) is 24.0 Å². The lowest BCUT2D eigenvalue weighted by molar-refractivity contribution is -0.138. The molecule has 0 spiro atoms. The Bertz CT molecular complexity index is 1010. The molecule has 0 atom stereocenters. The van der Waals surface area contributed by atoms with Gasteiger partial charge >= 0.3 is 12.1 Å². The predicted octanol–water partition coefficient (Wildman–Crippen LogP) is 3.65. The number of nitrogens with zero attached hydrogens (tertiary/aromatic N) is 1. The predicted molar refractivity (Wildman–Crippen MR) is 130 cm³/mol. The summed E-state index contributed by atoms with van der Waals surface area (Å²) >= 11 is 0. The van der Waals surface area contributed by atoms with Crippen LogP contribution in [-0.2, 0) is 19.1 Å². The van der Waals surface area contributed by atoms with Crippen LogP contribution in [0.3, 0.4) is 0 Å². The van der Waals surface area contributed by atoms with Crippen LogP contribution in [0.25, 0.3) is 11.1 Å². The first-order chi connectivity index (χ1) is 17.0. The molecule has 1 fully saturated rings. The average molecular weight is 481 g/mol. The molecule has 0 radical (unpaired) electrons. The Morgan fingerprint density at radius 2 is 1.60 bits per heavy atom. The minimum atomic E-state index is -0.908. The van der Waals surface area contributed by atoms with E-state index in [2.05, 4.69) is 29.6 Å². The van der Waals surface area contributed by atoms with Crippen molar-refractivity contribution in [2.75, 3.05) is 39.5 Å². The molecule has 4 rings (SSSR count). The normalized spacial score (nSPS) is 14.2. The maximum atomic E-state index is 12.4. The number of ether oxygens (including phenoxy) is 2. The summed E-state index contributed by atoms with van der Waals surface area (Å²) < 4.78 is 11.0. The first kappa shape index (κ1) is 24.7. The molecule has 2 aromatic rings. The zero-order chi connectivity index (χ0) is 24.6. The van der Waals surface area contributed by atoms with Gasteiger partial charge in [-0.15, -0.1) is 0 Å². The number of carbonyl (C=O) groups excluding carboxylic acids is 2. The second-order valence-electron chi connectivity index (χ2n) is 9.04. The Kier molecular flexibility index (Phi) is 8.36. The molecule has 35 heavy (non-hydrogen) atoms. The van der Waals surface area contributed by atoms with Crippen molar-refractivity contribution in [1.82, 2.24) is 10.2 Å². The highest BCUT2D eigenvalue weighted by Crippen LogP contribution is 2.44. The molecular formula is C27H32N2O6. The van der Waals surface area contributed by atoms with Crippen LogP contribution in [-0.4, -0.2) is 67.4 Å². The largest absolute Gasteiger partial charge is 0.481 e. The third-order valence-electron chi connectivity index (χ3n) is 6.44. The summed E-state index contributed by atoms with van der Waals surface area (Å²) in [7, 11) is 0. The first-order valence-electron chi connectivity index (χ1n) is 12.2. The van der Waals surface area contributed by atoms with Crippen molar-refractivity contribution in [3.8, 4) is 11.1 Å². The first-order valence-corrected chi connectivity index (χ1v) is 12.2. The summed E-state index contributed by atoms with van der Waals surface area (Å²) in [5, 5.41) is 11.6. The lowest BCUT2D eigenvalue weighted by Gasteiger charge is -2.22. The molecule has 2 amide bonds. The minimum Gasteiger partial charge on any atom is -0.481 e. The van der Waals surface area contributed by atoms with Crippen LogP contribution in [0.15, 0.2) is 48.5 Å². The van der Waals surface area contributed by atoms with Crippen molar-refractivity contribution < 1.29 is 29.0 Å². The van der Waals surface area contributed by atoms with Gasteiger partial charge in [0.1, 0.15) is 6.61 Å². The lowest BCUT2D eigenvalue weighted by atomic mass is 9.98. The molecule has 2 aromatic carbocycles. The van der Waals surface area contributed by atoms with Crippen molar-refractivity contribution in [3.63, 3.8) is 0 Å². The molecule has 186 valence electrons. The van der Waals surface area contributed by atoms with E-state index in [9.17, 15) is 14.4 Å². The van der Waals surface area contributed by atoms with Crippen LogP contribution in [0.2, 0.25) is 0 Å². The van der Waals surface area contributed by atoms with Crippen LogP contribution in [0, 0.1) is 5.92 Å². The molecule has 0 heterocycles. The standard InChI is InChI=1S/C27H32N2O6/c30-25(29(14-11-26(31)32)17-19-9-10-19)12-15-34-16-13-28-27(33)35-18-24-22-7-3-1-5-20(22)21-6-2-4-8-23(21)24/h1-8,19,24H,9-18H2,(H,28,33)(H,31,32). The summed E-state index contributed by atoms with van der Waals surface area (Å²) in [4.78, 5) is 37.1. The van der Waals surface area contributed by atoms with E-state index in [0.29, 0.717) is 12.5 Å². The highest BCUT2D eigenvalue weighted by molar-refractivity contribution is 5.79. The third-order valence-corrected chi connectivity index (χ3v) is 6.44. The van der Waals surface area contributed by atoms with Gasteiger partial charge in [-0.05, 0) is 41.0 Å². The van der Waals surface area contributed by atoms with Gasteiger partial charge in [-0.25, -0.2) is 4.79 Å². The van der Waals surface area contributed by atoms with E-state index in [1.54, 1.807) is 4.90 Å². The summed E-state index contributed by atoms with van der Waals surface area (Å²) in [6.45, 7) is 1.86. The Balaban J connectivity index is 1.13. The number of hydrogen-bond donors (Lipinski definition) is 2. The lowest BCUT2D eigenvalue weighted by Crippen LogP contribution is -2.35. The van der Waals surface area contributed by atoms with Crippen LogP contribution in [0.5, 0.6) is 0 Å². The van der Waals surface area contributed by atoms with Gasteiger partial charge in [0.25, 0.3) is 0 Å². The summed E-state index contributed by atoms with van der Waals surface area (Å²) in [6.07, 6.45) is 1.82. The van der Waals surface area contributed by atoms with Crippen molar-refractivity contribution >= 4 is 18.0 Å². The maximum Gasteiger partial charge on any atom is 0.407 e. The van der Waals surface area contributed by atoms with E-state index >= 15 is 0 Å². The monoisotopic (exact) mass is 480 g/mol. The number of aliphatic carboxylic acids is 1. The van der Waals surface area contributed by atoms with Crippen LogP contribution < -0.4 is 5.32 Å². The molecule has 0 unspecified atom stereocenters. The van der Waals surface area contributed by atoms with Gasteiger partial charge in [0.15, 0.2) is 0 Å². The van der Waals surface area contributed by atoms with Gasteiger partial charge in [0, 0.05) is 25.6 Å². The summed E-state index contributed by atoms with van der Waals surface area (Å²) in [6, 6.07) is 16.4. The second-order valence-corrected chi connectivity index (χ2v) is 9.04. The number of alkyl carbamates (subject to hydrolysis) is 1. The average Bonchev–Trinajstić information content (AvgIpc) is 3.63. The fourth-order valence-electron chi connectivity index (χ4n) is 4.45. The zero-order valence-corrected chi connectivity index (χ0v) is 19.8. The maximum absolute atomic E-state index is 12.4. The number of carboxylic acids is 1. The van der Waals surface area contributed by atoms with Crippen LogP contribution in [0.4, 0.5) is 4.79 Å². The third kappa shape index (κ3) is 6.82. The highest BCUT2D eigenvalue weighted by Gasteiger charge is 2.29. The van der Waals surface area contributed by atoms with E-state index in [1.165, 1.54) is 11.1 Å². The number of benzene rings is 2. The van der Waals surface area contributed by atoms with Gasteiger partial charge in [-0.1, -0.05) is 48.5 Å². The molecule has 2 N–H and O–H groups in total. The van der Waals surface area contributed by atoms with Gasteiger partial charge in [0.2, 0.25) is 5.91 Å². The number of nitrogens with one attached hydrogen (secondary N) is 1. The van der Waals surface area contributed by atoms with Gasteiger partial charge in [-0.2, -0.15) is 0 Å². The molecular weight excluding hydrogens is 448 g/mol. The topological polar surface area (TPSA) is 105 Å². The molecule has 2 aliphatic rings. The second kappa shape index (κ2) is 11.8. The summed E-state index contributed by atoms with van der Waals surface area (Å²) in [5.41, 5.74) is 4.68. The van der Waals surface area contributed by atoms with Crippen molar-refractivity contribution in [2.24, 2.45) is 5.92 Å². The van der Waals surface area contributed by atoms with Crippen LogP contribution >= 0.6 is 0 Å². The summed E-state index contributed by atoms with van der Waals surface area (Å²) in [5.74, 6) is -0.498. The number of fused-ring (bicyclic) bond motifs is 3. The highest BCUT2D eigenvalue weighted by atomic mass is 16.5. The molecule has 0 bridgehead atoms. The number of rotatable bonds is 13. The molecule has 0 saturated heterocycles. The van der Waals surface area contributed by atoms with Crippen LogP contribution in [0.1, 0.15) is 42.7 Å². The minimum absolute atomic E-state index is 0.00937.